The highest BCUT2D eigenvalue weighted by Gasteiger charge is 2.41. The maximum atomic E-state index is 12.3. The van der Waals surface area contributed by atoms with Gasteiger partial charge in [-0.3, -0.25) is 9.59 Å². The second-order valence-electron chi connectivity index (χ2n) is 5.61. The first kappa shape index (κ1) is 14.1. The van der Waals surface area contributed by atoms with Gasteiger partial charge in [0.15, 0.2) is 0 Å². The molecule has 5 nitrogen and oxygen atoms in total. The van der Waals surface area contributed by atoms with Crippen LogP contribution in [-0.2, 0) is 9.59 Å². The third-order valence-corrected chi connectivity index (χ3v) is 3.73. The fourth-order valence-corrected chi connectivity index (χ4v) is 2.48. The molecule has 0 bridgehead atoms. The van der Waals surface area contributed by atoms with Crippen molar-refractivity contribution in [3.05, 3.63) is 24.3 Å². The van der Waals surface area contributed by atoms with Crippen LogP contribution in [0.2, 0.25) is 0 Å². The van der Waals surface area contributed by atoms with E-state index in [0.717, 1.165) is 25.0 Å². The third kappa shape index (κ3) is 3.08. The summed E-state index contributed by atoms with van der Waals surface area (Å²) in [6, 6.07) is 7.18. The van der Waals surface area contributed by atoms with Crippen LogP contribution < -0.4 is 15.0 Å². The van der Waals surface area contributed by atoms with Gasteiger partial charge in [-0.05, 0) is 43.5 Å². The van der Waals surface area contributed by atoms with E-state index in [1.54, 1.807) is 24.3 Å². The minimum atomic E-state index is -0.360. The lowest BCUT2D eigenvalue weighted by atomic mass is 10.2. The van der Waals surface area contributed by atoms with E-state index >= 15 is 0 Å². The highest BCUT2D eigenvalue weighted by atomic mass is 16.5. The highest BCUT2D eigenvalue weighted by Crippen LogP contribution is 2.27. The summed E-state index contributed by atoms with van der Waals surface area (Å²) in [5.74, 6) is 0.474. The molecule has 21 heavy (non-hydrogen) atoms. The van der Waals surface area contributed by atoms with Gasteiger partial charge < -0.3 is 10.1 Å². The van der Waals surface area contributed by atoms with E-state index in [1.165, 1.54) is 4.90 Å². The number of amides is 2. The van der Waals surface area contributed by atoms with Crippen LogP contribution in [0.1, 0.15) is 32.6 Å². The molecule has 5 heteroatoms. The van der Waals surface area contributed by atoms with E-state index in [0.29, 0.717) is 18.3 Å². The number of hydrogen-bond donors (Lipinski definition) is 1. The number of nitrogens with one attached hydrogen (secondary N) is 1. The van der Waals surface area contributed by atoms with Gasteiger partial charge in [0.2, 0.25) is 5.91 Å². The number of hydrogen-bond acceptors (Lipinski definition) is 4. The van der Waals surface area contributed by atoms with Gasteiger partial charge in [-0.1, -0.05) is 6.92 Å². The number of ether oxygens (including phenoxy) is 1. The fourth-order valence-electron chi connectivity index (χ4n) is 2.48. The molecule has 2 amide bonds. The zero-order valence-corrected chi connectivity index (χ0v) is 12.2. The van der Waals surface area contributed by atoms with Crippen LogP contribution in [0, 0.1) is 0 Å². The molecule has 1 saturated heterocycles. The number of nitrogens with zero attached hydrogens (tertiary/aromatic N) is 1. The largest absolute Gasteiger partial charge is 0.494 e. The number of rotatable bonds is 6. The molecule has 1 heterocycles. The first-order valence-corrected chi connectivity index (χ1v) is 7.54. The molecule has 1 saturated carbocycles. The second kappa shape index (κ2) is 5.85. The summed E-state index contributed by atoms with van der Waals surface area (Å²) in [5.41, 5.74) is 0.619. The normalized spacial score (nSPS) is 22.0. The van der Waals surface area contributed by atoms with Crippen molar-refractivity contribution in [1.82, 2.24) is 5.32 Å². The Hall–Kier alpha value is -1.88. The molecule has 1 aliphatic heterocycles. The molecule has 112 valence electrons. The number of anilines is 1. The number of imide groups is 1. The Kier molecular flexibility index (Phi) is 3.92. The lowest BCUT2D eigenvalue weighted by Gasteiger charge is -2.16. The van der Waals surface area contributed by atoms with Crippen molar-refractivity contribution in [1.29, 1.82) is 0 Å². The van der Waals surface area contributed by atoms with Gasteiger partial charge in [-0.2, -0.15) is 0 Å². The molecule has 3 rings (SSSR count). The minimum absolute atomic E-state index is 0.139. The predicted octanol–water partition coefficient (Wildman–Crippen LogP) is 1.86. The molecule has 0 aromatic heterocycles. The molecule has 1 unspecified atom stereocenters. The van der Waals surface area contributed by atoms with E-state index in [-0.39, 0.29) is 24.3 Å². The van der Waals surface area contributed by atoms with Crippen molar-refractivity contribution in [2.24, 2.45) is 0 Å². The highest BCUT2D eigenvalue weighted by molar-refractivity contribution is 6.22. The van der Waals surface area contributed by atoms with Crippen LogP contribution in [0.3, 0.4) is 0 Å². The molecule has 2 fully saturated rings. The van der Waals surface area contributed by atoms with Gasteiger partial charge in [0, 0.05) is 6.04 Å². The molecule has 0 radical (unpaired) electrons. The molecule has 2 aliphatic rings. The van der Waals surface area contributed by atoms with E-state index in [9.17, 15) is 9.59 Å². The monoisotopic (exact) mass is 288 g/mol. The molecule has 1 atom stereocenters. The molecule has 1 aromatic carbocycles. The van der Waals surface area contributed by atoms with Crippen LogP contribution >= 0.6 is 0 Å². The lowest BCUT2D eigenvalue weighted by molar-refractivity contribution is -0.121. The van der Waals surface area contributed by atoms with Crippen LogP contribution in [0.25, 0.3) is 0 Å². The molecular weight excluding hydrogens is 268 g/mol. The summed E-state index contributed by atoms with van der Waals surface area (Å²) >= 11 is 0. The van der Waals surface area contributed by atoms with Crippen molar-refractivity contribution < 1.29 is 14.3 Å². The Morgan fingerprint density at radius 3 is 2.57 bits per heavy atom. The van der Waals surface area contributed by atoms with Gasteiger partial charge in [0.25, 0.3) is 5.91 Å². The number of carbonyl (C=O) groups is 2. The van der Waals surface area contributed by atoms with Crippen LogP contribution in [-0.4, -0.2) is 30.5 Å². The van der Waals surface area contributed by atoms with Crippen molar-refractivity contribution in [3.8, 4) is 5.75 Å². The average Bonchev–Trinajstić information content (AvgIpc) is 3.25. The topological polar surface area (TPSA) is 58.6 Å². The van der Waals surface area contributed by atoms with Crippen molar-refractivity contribution >= 4 is 17.5 Å². The summed E-state index contributed by atoms with van der Waals surface area (Å²) in [4.78, 5) is 25.7. The SMILES string of the molecule is CCCOc1ccc(N2C(=O)CC(NC3CC3)C2=O)cc1. The quantitative estimate of drug-likeness (QED) is 0.812. The molecule has 1 N–H and O–H groups in total. The summed E-state index contributed by atoms with van der Waals surface area (Å²) in [6.07, 6.45) is 3.39. The predicted molar refractivity (Wildman–Crippen MR) is 79.3 cm³/mol. The third-order valence-electron chi connectivity index (χ3n) is 3.73. The van der Waals surface area contributed by atoms with E-state index in [1.807, 2.05) is 6.92 Å². The first-order chi connectivity index (χ1) is 10.2. The van der Waals surface area contributed by atoms with E-state index < -0.39 is 0 Å². The Morgan fingerprint density at radius 1 is 1.24 bits per heavy atom. The average molecular weight is 288 g/mol. The maximum Gasteiger partial charge on any atom is 0.251 e. The molecule has 0 spiro atoms. The van der Waals surface area contributed by atoms with Gasteiger partial charge in [0.05, 0.1) is 24.8 Å². The number of benzene rings is 1. The summed E-state index contributed by atoms with van der Waals surface area (Å²) in [7, 11) is 0. The molecular formula is C16H20N2O3. The number of carbonyl (C=O) groups excluding carboxylic acids is 2. The minimum Gasteiger partial charge on any atom is -0.494 e. The Morgan fingerprint density at radius 2 is 1.95 bits per heavy atom. The Labute approximate surface area is 124 Å². The Balaban J connectivity index is 1.70. The van der Waals surface area contributed by atoms with Gasteiger partial charge in [-0.15, -0.1) is 0 Å². The fraction of sp³-hybridized carbons (Fsp3) is 0.500. The van der Waals surface area contributed by atoms with Crippen molar-refractivity contribution in [2.75, 3.05) is 11.5 Å². The van der Waals surface area contributed by atoms with Crippen LogP contribution in [0.4, 0.5) is 5.69 Å². The first-order valence-electron chi connectivity index (χ1n) is 7.54. The molecule has 1 aromatic rings. The van der Waals surface area contributed by atoms with E-state index in [4.69, 9.17) is 4.74 Å². The maximum absolute atomic E-state index is 12.3. The zero-order valence-electron chi connectivity index (χ0n) is 12.2. The summed E-state index contributed by atoms with van der Waals surface area (Å²) in [6.45, 7) is 2.71. The van der Waals surface area contributed by atoms with Gasteiger partial charge >= 0.3 is 0 Å². The van der Waals surface area contributed by atoms with Crippen molar-refractivity contribution in [3.63, 3.8) is 0 Å². The zero-order chi connectivity index (χ0) is 14.8. The summed E-state index contributed by atoms with van der Waals surface area (Å²) in [5, 5.41) is 3.24. The van der Waals surface area contributed by atoms with Crippen molar-refractivity contribution in [2.45, 2.75) is 44.7 Å². The van der Waals surface area contributed by atoms with Gasteiger partial charge in [-0.25, -0.2) is 4.90 Å². The summed E-state index contributed by atoms with van der Waals surface area (Å²) < 4.78 is 5.51. The van der Waals surface area contributed by atoms with E-state index in [2.05, 4.69) is 5.32 Å². The van der Waals surface area contributed by atoms with Crippen LogP contribution in [0.15, 0.2) is 24.3 Å². The van der Waals surface area contributed by atoms with Crippen LogP contribution in [0.5, 0.6) is 5.75 Å². The standard InChI is InChI=1S/C16H20N2O3/c1-2-9-21-13-7-5-12(6-8-13)18-15(19)10-14(16(18)20)17-11-3-4-11/h5-8,11,14,17H,2-4,9-10H2,1H3. The lowest BCUT2D eigenvalue weighted by Crippen LogP contribution is -2.39. The molecule has 1 aliphatic carbocycles. The van der Waals surface area contributed by atoms with Gasteiger partial charge in [0.1, 0.15) is 5.75 Å². The Bertz CT molecular complexity index is 537. The second-order valence-corrected chi connectivity index (χ2v) is 5.61. The smallest absolute Gasteiger partial charge is 0.251 e.